The molecule has 3 heteroatoms. The Labute approximate surface area is 90.8 Å². The number of furan rings is 1. The molecule has 1 aliphatic rings. The number of nitrogens with one attached hydrogen (secondary N) is 1. The van der Waals surface area contributed by atoms with E-state index in [-0.39, 0.29) is 0 Å². The molecule has 3 atom stereocenters. The summed E-state index contributed by atoms with van der Waals surface area (Å²) in [7, 11) is 1.99. The van der Waals surface area contributed by atoms with Crippen LogP contribution >= 0.6 is 0 Å². The highest BCUT2D eigenvalue weighted by Gasteiger charge is 2.31. The number of likely N-dealkylation sites (N-methyl/N-ethyl adjacent to an activating group) is 1. The van der Waals surface area contributed by atoms with Gasteiger partial charge in [0.1, 0.15) is 5.76 Å². The maximum Gasteiger partial charge on any atom is 0.105 e. The predicted octanol–water partition coefficient (Wildman–Crippen LogP) is 1.84. The van der Waals surface area contributed by atoms with Crippen molar-refractivity contribution in [2.75, 3.05) is 13.7 Å². The molecule has 2 rings (SSSR count). The van der Waals surface area contributed by atoms with Gasteiger partial charge in [-0.3, -0.25) is 0 Å². The van der Waals surface area contributed by atoms with Crippen molar-refractivity contribution in [2.45, 2.75) is 31.9 Å². The molecular formula is C12H19NO2. The molecule has 1 aromatic rings. The topological polar surface area (TPSA) is 34.4 Å². The summed E-state index contributed by atoms with van der Waals surface area (Å²) in [6, 6.07) is 4.30. The van der Waals surface area contributed by atoms with Crippen LogP contribution in [0.15, 0.2) is 22.8 Å². The highest BCUT2D eigenvalue weighted by Crippen LogP contribution is 2.24. The van der Waals surface area contributed by atoms with Crippen molar-refractivity contribution in [2.24, 2.45) is 5.92 Å². The minimum atomic E-state index is 0.320. The quantitative estimate of drug-likeness (QED) is 0.821. The van der Waals surface area contributed by atoms with E-state index in [1.54, 1.807) is 6.26 Å². The standard InChI is InChI=1S/C12H19NO2/c1-9-5-7-15-12(9)11(13-2)8-10-4-3-6-14-10/h3-4,6,9,11-13H,5,7-8H2,1-2H3. The normalized spacial score (nSPS) is 28.1. The second-order valence-corrected chi connectivity index (χ2v) is 4.28. The lowest BCUT2D eigenvalue weighted by atomic mass is 9.95. The van der Waals surface area contributed by atoms with Crippen LogP contribution in [0.3, 0.4) is 0 Å². The second kappa shape index (κ2) is 4.81. The molecule has 0 aromatic carbocycles. The van der Waals surface area contributed by atoms with Gasteiger partial charge in [0.2, 0.25) is 0 Å². The molecule has 0 radical (unpaired) electrons. The summed E-state index contributed by atoms with van der Waals surface area (Å²) in [5.41, 5.74) is 0. The molecule has 0 saturated carbocycles. The Morgan fingerprint density at radius 3 is 3.00 bits per heavy atom. The lowest BCUT2D eigenvalue weighted by Crippen LogP contribution is -2.41. The zero-order valence-corrected chi connectivity index (χ0v) is 9.40. The van der Waals surface area contributed by atoms with Crippen molar-refractivity contribution >= 4 is 0 Å². The fourth-order valence-electron chi connectivity index (χ4n) is 2.26. The average molecular weight is 209 g/mol. The van der Waals surface area contributed by atoms with Gasteiger partial charge in [-0.15, -0.1) is 0 Å². The molecule has 3 unspecified atom stereocenters. The molecule has 1 saturated heterocycles. The highest BCUT2D eigenvalue weighted by atomic mass is 16.5. The van der Waals surface area contributed by atoms with Gasteiger partial charge in [-0.2, -0.15) is 0 Å². The number of hydrogen-bond donors (Lipinski definition) is 1. The van der Waals surface area contributed by atoms with Gasteiger partial charge in [0.15, 0.2) is 0 Å². The van der Waals surface area contributed by atoms with Crippen molar-refractivity contribution in [3.8, 4) is 0 Å². The third kappa shape index (κ3) is 2.41. The third-order valence-electron chi connectivity index (χ3n) is 3.21. The van der Waals surface area contributed by atoms with E-state index in [1.165, 1.54) is 6.42 Å². The molecule has 15 heavy (non-hydrogen) atoms. The van der Waals surface area contributed by atoms with Crippen molar-refractivity contribution < 1.29 is 9.15 Å². The van der Waals surface area contributed by atoms with Crippen LogP contribution < -0.4 is 5.32 Å². The summed E-state index contributed by atoms with van der Waals surface area (Å²) >= 11 is 0. The Bertz CT molecular complexity index is 284. The van der Waals surface area contributed by atoms with Crippen LogP contribution in [-0.2, 0) is 11.2 Å². The molecule has 1 fully saturated rings. The van der Waals surface area contributed by atoms with Crippen LogP contribution in [0.4, 0.5) is 0 Å². The van der Waals surface area contributed by atoms with Crippen molar-refractivity contribution in [3.05, 3.63) is 24.2 Å². The zero-order chi connectivity index (χ0) is 10.7. The second-order valence-electron chi connectivity index (χ2n) is 4.28. The molecule has 0 bridgehead atoms. The molecule has 1 aliphatic heterocycles. The van der Waals surface area contributed by atoms with Crippen LogP contribution in [0.25, 0.3) is 0 Å². The van der Waals surface area contributed by atoms with E-state index in [0.29, 0.717) is 18.1 Å². The summed E-state index contributed by atoms with van der Waals surface area (Å²) in [4.78, 5) is 0. The van der Waals surface area contributed by atoms with Crippen LogP contribution in [0.5, 0.6) is 0 Å². The first-order valence-corrected chi connectivity index (χ1v) is 5.62. The molecule has 1 aromatic heterocycles. The highest BCUT2D eigenvalue weighted by molar-refractivity contribution is 5.02. The first-order chi connectivity index (χ1) is 7.31. The van der Waals surface area contributed by atoms with Crippen LogP contribution in [0.2, 0.25) is 0 Å². The molecule has 1 N–H and O–H groups in total. The minimum absolute atomic E-state index is 0.320. The lowest BCUT2D eigenvalue weighted by Gasteiger charge is -2.24. The smallest absolute Gasteiger partial charge is 0.105 e. The summed E-state index contributed by atoms with van der Waals surface area (Å²) in [5.74, 6) is 1.66. The van der Waals surface area contributed by atoms with E-state index in [1.807, 2.05) is 19.2 Å². The fourth-order valence-corrected chi connectivity index (χ4v) is 2.26. The van der Waals surface area contributed by atoms with E-state index >= 15 is 0 Å². The van der Waals surface area contributed by atoms with Gasteiger partial charge in [0, 0.05) is 19.1 Å². The number of ether oxygens (including phenoxy) is 1. The summed E-state index contributed by atoms with van der Waals surface area (Å²) in [5, 5.41) is 3.33. The molecular weight excluding hydrogens is 190 g/mol. The molecule has 0 spiro atoms. The van der Waals surface area contributed by atoms with Gasteiger partial charge in [0.25, 0.3) is 0 Å². The van der Waals surface area contributed by atoms with Gasteiger partial charge >= 0.3 is 0 Å². The Kier molecular flexibility index (Phi) is 3.44. The average Bonchev–Trinajstić information content (AvgIpc) is 2.85. The van der Waals surface area contributed by atoms with Gasteiger partial charge in [-0.05, 0) is 31.5 Å². The van der Waals surface area contributed by atoms with Gasteiger partial charge in [-0.25, -0.2) is 0 Å². The maximum atomic E-state index is 5.76. The van der Waals surface area contributed by atoms with Gasteiger partial charge in [-0.1, -0.05) is 6.92 Å². The summed E-state index contributed by atoms with van der Waals surface area (Å²) in [6.45, 7) is 3.15. The zero-order valence-electron chi connectivity index (χ0n) is 9.40. The molecule has 3 nitrogen and oxygen atoms in total. The van der Waals surface area contributed by atoms with Crippen LogP contribution in [0, 0.1) is 5.92 Å². The monoisotopic (exact) mass is 209 g/mol. The lowest BCUT2D eigenvalue weighted by molar-refractivity contribution is 0.0618. The van der Waals surface area contributed by atoms with Crippen molar-refractivity contribution in [1.82, 2.24) is 5.32 Å². The number of hydrogen-bond acceptors (Lipinski definition) is 3. The van der Waals surface area contributed by atoms with E-state index < -0.39 is 0 Å². The van der Waals surface area contributed by atoms with Crippen LogP contribution in [-0.4, -0.2) is 25.8 Å². The molecule has 0 amide bonds. The van der Waals surface area contributed by atoms with E-state index in [9.17, 15) is 0 Å². The Hall–Kier alpha value is -0.800. The van der Waals surface area contributed by atoms with Crippen molar-refractivity contribution in [3.63, 3.8) is 0 Å². The third-order valence-corrected chi connectivity index (χ3v) is 3.21. The minimum Gasteiger partial charge on any atom is -0.469 e. The summed E-state index contributed by atoms with van der Waals surface area (Å²) in [6.07, 6.45) is 4.11. The fraction of sp³-hybridized carbons (Fsp3) is 0.667. The van der Waals surface area contributed by atoms with Gasteiger partial charge in [0.05, 0.1) is 12.4 Å². The van der Waals surface area contributed by atoms with E-state index in [0.717, 1.165) is 18.8 Å². The number of rotatable bonds is 4. The molecule has 0 aliphatic carbocycles. The predicted molar refractivity (Wildman–Crippen MR) is 58.8 cm³/mol. The SMILES string of the molecule is CNC(Cc1ccco1)C1OCCC1C. The Morgan fingerprint density at radius 1 is 1.60 bits per heavy atom. The summed E-state index contributed by atoms with van der Waals surface area (Å²) < 4.78 is 11.1. The van der Waals surface area contributed by atoms with Gasteiger partial charge < -0.3 is 14.5 Å². The first kappa shape index (κ1) is 10.7. The molecule has 2 heterocycles. The van der Waals surface area contributed by atoms with Crippen molar-refractivity contribution in [1.29, 1.82) is 0 Å². The van der Waals surface area contributed by atoms with E-state index in [2.05, 4.69) is 12.2 Å². The molecule has 84 valence electrons. The first-order valence-electron chi connectivity index (χ1n) is 5.62. The van der Waals surface area contributed by atoms with E-state index in [4.69, 9.17) is 9.15 Å². The maximum absolute atomic E-state index is 5.76. The largest absolute Gasteiger partial charge is 0.469 e. The Balaban J connectivity index is 1.97. The Morgan fingerprint density at radius 2 is 2.47 bits per heavy atom. The van der Waals surface area contributed by atoms with Crippen LogP contribution in [0.1, 0.15) is 19.1 Å².